The molecule has 0 saturated heterocycles. The number of carbonyl (C=O) groups excluding carboxylic acids is 1. The number of carboxylic acid groups (broad SMARTS) is 1. The Morgan fingerprint density at radius 1 is 1.04 bits per heavy atom. The van der Waals surface area contributed by atoms with Gasteiger partial charge in [-0.2, -0.15) is 0 Å². The molecular weight excluding hydrogens is 322 g/mol. The second-order valence-corrected chi connectivity index (χ2v) is 5.47. The van der Waals surface area contributed by atoms with Crippen molar-refractivity contribution in [1.82, 2.24) is 5.32 Å². The van der Waals surface area contributed by atoms with Gasteiger partial charge in [-0.15, -0.1) is 0 Å². The predicted molar refractivity (Wildman–Crippen MR) is 93.1 cm³/mol. The molecule has 0 fully saturated rings. The molecule has 0 saturated carbocycles. The van der Waals surface area contributed by atoms with Gasteiger partial charge >= 0.3 is 5.97 Å². The van der Waals surface area contributed by atoms with E-state index in [1.165, 1.54) is 14.2 Å². The Bertz CT molecular complexity index is 708. The van der Waals surface area contributed by atoms with Gasteiger partial charge in [0.2, 0.25) is 0 Å². The van der Waals surface area contributed by atoms with Gasteiger partial charge < -0.3 is 19.9 Å². The number of ether oxygens (including phenoxy) is 2. The van der Waals surface area contributed by atoms with E-state index in [4.69, 9.17) is 14.6 Å². The molecule has 1 amide bonds. The number of hydrogen-bond acceptors (Lipinski definition) is 4. The van der Waals surface area contributed by atoms with Crippen LogP contribution < -0.4 is 14.8 Å². The van der Waals surface area contributed by atoms with Crippen LogP contribution in [0.15, 0.2) is 48.5 Å². The molecule has 0 bridgehead atoms. The summed E-state index contributed by atoms with van der Waals surface area (Å²) in [4.78, 5) is 23.6. The summed E-state index contributed by atoms with van der Waals surface area (Å²) in [6.45, 7) is 0. The zero-order valence-electron chi connectivity index (χ0n) is 14.2. The summed E-state index contributed by atoms with van der Waals surface area (Å²) >= 11 is 0. The molecule has 2 aromatic rings. The van der Waals surface area contributed by atoms with Crippen molar-refractivity contribution in [2.45, 2.75) is 18.9 Å². The fraction of sp³-hybridized carbons (Fsp3) is 0.263. The van der Waals surface area contributed by atoms with Crippen LogP contribution in [-0.4, -0.2) is 31.2 Å². The van der Waals surface area contributed by atoms with Crippen LogP contribution in [0.1, 0.15) is 34.8 Å². The first kappa shape index (κ1) is 18.3. The van der Waals surface area contributed by atoms with E-state index >= 15 is 0 Å². The number of carbonyl (C=O) groups is 2. The number of aliphatic carboxylic acids is 1. The van der Waals surface area contributed by atoms with Crippen molar-refractivity contribution >= 4 is 11.9 Å². The van der Waals surface area contributed by atoms with Crippen LogP contribution in [0.25, 0.3) is 0 Å². The summed E-state index contributed by atoms with van der Waals surface area (Å²) in [6.07, 6.45) is 0.257. The maximum atomic E-state index is 12.6. The smallest absolute Gasteiger partial charge is 0.303 e. The van der Waals surface area contributed by atoms with Crippen molar-refractivity contribution in [3.05, 3.63) is 59.7 Å². The lowest BCUT2D eigenvalue weighted by Crippen LogP contribution is -2.29. The summed E-state index contributed by atoms with van der Waals surface area (Å²) < 4.78 is 10.4. The third-order valence-corrected chi connectivity index (χ3v) is 3.77. The first-order valence-corrected chi connectivity index (χ1v) is 7.84. The molecule has 132 valence electrons. The van der Waals surface area contributed by atoms with Crippen molar-refractivity contribution in [3.8, 4) is 11.5 Å². The fourth-order valence-corrected chi connectivity index (χ4v) is 2.46. The molecule has 2 N–H and O–H groups in total. The summed E-state index contributed by atoms with van der Waals surface area (Å²) in [5.74, 6) is -0.215. The molecule has 0 aromatic heterocycles. The Kier molecular flexibility index (Phi) is 6.39. The second kappa shape index (κ2) is 8.73. The lowest BCUT2D eigenvalue weighted by Gasteiger charge is -2.19. The molecule has 2 rings (SSSR count). The molecular formula is C19H21NO5. The van der Waals surface area contributed by atoms with Crippen LogP contribution >= 0.6 is 0 Å². The third kappa shape index (κ3) is 5.24. The number of rotatable bonds is 8. The van der Waals surface area contributed by atoms with Crippen molar-refractivity contribution in [2.24, 2.45) is 0 Å². The van der Waals surface area contributed by atoms with E-state index in [1.54, 1.807) is 18.2 Å². The minimum absolute atomic E-state index is 0.0404. The largest absolute Gasteiger partial charge is 0.497 e. The quantitative estimate of drug-likeness (QED) is 0.769. The first-order chi connectivity index (χ1) is 12.0. The van der Waals surface area contributed by atoms with Gasteiger partial charge in [0, 0.05) is 18.1 Å². The lowest BCUT2D eigenvalue weighted by molar-refractivity contribution is -0.137. The molecule has 1 unspecified atom stereocenters. The van der Waals surface area contributed by atoms with E-state index in [1.807, 2.05) is 30.3 Å². The highest BCUT2D eigenvalue weighted by atomic mass is 16.5. The van der Waals surface area contributed by atoms with Crippen molar-refractivity contribution in [3.63, 3.8) is 0 Å². The normalized spacial score (nSPS) is 11.4. The number of amides is 1. The van der Waals surface area contributed by atoms with Gasteiger partial charge in [0.1, 0.15) is 11.5 Å². The van der Waals surface area contributed by atoms with Crippen LogP contribution in [0.4, 0.5) is 0 Å². The molecule has 1 atom stereocenters. The number of hydrogen-bond donors (Lipinski definition) is 2. The SMILES string of the molecule is COc1cc(OC)cc(C(=O)NC(CCC(=O)O)c2ccccc2)c1. The number of carboxylic acids is 1. The zero-order valence-corrected chi connectivity index (χ0v) is 14.2. The molecule has 0 radical (unpaired) electrons. The Morgan fingerprint density at radius 3 is 2.16 bits per heavy atom. The van der Waals surface area contributed by atoms with Crippen LogP contribution in [0.3, 0.4) is 0 Å². The van der Waals surface area contributed by atoms with E-state index in [2.05, 4.69) is 5.32 Å². The van der Waals surface area contributed by atoms with Gasteiger partial charge in [-0.3, -0.25) is 9.59 Å². The number of nitrogens with one attached hydrogen (secondary N) is 1. The molecule has 0 spiro atoms. The summed E-state index contributed by atoms with van der Waals surface area (Å²) in [7, 11) is 3.02. The van der Waals surface area contributed by atoms with Crippen LogP contribution in [-0.2, 0) is 4.79 Å². The van der Waals surface area contributed by atoms with Crippen molar-refractivity contribution < 1.29 is 24.2 Å². The first-order valence-electron chi connectivity index (χ1n) is 7.84. The van der Waals surface area contributed by atoms with Gasteiger partial charge in [0.05, 0.1) is 20.3 Å². The maximum Gasteiger partial charge on any atom is 0.303 e. The highest BCUT2D eigenvalue weighted by molar-refractivity contribution is 5.95. The average Bonchev–Trinajstić information content (AvgIpc) is 2.64. The van der Waals surface area contributed by atoms with E-state index in [0.717, 1.165) is 5.56 Å². The zero-order chi connectivity index (χ0) is 18.2. The van der Waals surface area contributed by atoms with Crippen LogP contribution in [0, 0.1) is 0 Å². The highest BCUT2D eigenvalue weighted by Crippen LogP contribution is 2.24. The van der Waals surface area contributed by atoms with E-state index in [-0.39, 0.29) is 12.3 Å². The van der Waals surface area contributed by atoms with Gasteiger partial charge in [0.15, 0.2) is 0 Å². The Hall–Kier alpha value is -3.02. The summed E-state index contributed by atoms with van der Waals surface area (Å²) in [5.41, 5.74) is 1.24. The third-order valence-electron chi connectivity index (χ3n) is 3.77. The standard InChI is InChI=1S/C19H21NO5/c1-24-15-10-14(11-16(12-15)25-2)19(23)20-17(8-9-18(21)22)13-6-4-3-5-7-13/h3-7,10-12,17H,8-9H2,1-2H3,(H,20,23)(H,21,22). The number of methoxy groups -OCH3 is 2. The van der Waals surface area contributed by atoms with Gasteiger partial charge in [0.25, 0.3) is 5.91 Å². The maximum absolute atomic E-state index is 12.6. The Labute approximate surface area is 146 Å². The molecule has 0 aliphatic rings. The van der Waals surface area contributed by atoms with Gasteiger partial charge in [-0.1, -0.05) is 30.3 Å². The minimum Gasteiger partial charge on any atom is -0.497 e. The molecule has 6 heteroatoms. The van der Waals surface area contributed by atoms with E-state index < -0.39 is 12.0 Å². The van der Waals surface area contributed by atoms with Crippen LogP contribution in [0.2, 0.25) is 0 Å². The molecule has 25 heavy (non-hydrogen) atoms. The average molecular weight is 343 g/mol. The second-order valence-electron chi connectivity index (χ2n) is 5.47. The molecule has 0 aliphatic carbocycles. The minimum atomic E-state index is -0.904. The molecule has 0 aliphatic heterocycles. The molecule has 2 aromatic carbocycles. The van der Waals surface area contributed by atoms with E-state index in [0.29, 0.717) is 23.5 Å². The molecule has 0 heterocycles. The summed E-state index contributed by atoms with van der Waals surface area (Å²) in [5, 5.41) is 11.8. The topological polar surface area (TPSA) is 84.9 Å². The fourth-order valence-electron chi connectivity index (χ4n) is 2.46. The highest BCUT2D eigenvalue weighted by Gasteiger charge is 2.18. The monoisotopic (exact) mass is 343 g/mol. The van der Waals surface area contributed by atoms with Gasteiger partial charge in [-0.05, 0) is 24.1 Å². The predicted octanol–water partition coefficient (Wildman–Crippen LogP) is 3.04. The summed E-state index contributed by atoms with van der Waals surface area (Å²) in [6, 6.07) is 13.8. The Morgan fingerprint density at radius 2 is 1.64 bits per heavy atom. The molecule has 6 nitrogen and oxygen atoms in total. The van der Waals surface area contributed by atoms with Crippen molar-refractivity contribution in [2.75, 3.05) is 14.2 Å². The lowest BCUT2D eigenvalue weighted by atomic mass is 10.0. The van der Waals surface area contributed by atoms with Crippen LogP contribution in [0.5, 0.6) is 11.5 Å². The number of benzene rings is 2. The Balaban J connectivity index is 2.22. The van der Waals surface area contributed by atoms with Gasteiger partial charge in [-0.25, -0.2) is 0 Å². The van der Waals surface area contributed by atoms with Crippen molar-refractivity contribution in [1.29, 1.82) is 0 Å². The van der Waals surface area contributed by atoms with E-state index in [9.17, 15) is 9.59 Å².